The lowest BCUT2D eigenvalue weighted by atomic mass is 10.2. The number of hydrogen-bond donors (Lipinski definition) is 3. The van der Waals surface area contributed by atoms with E-state index in [0.717, 1.165) is 0 Å². The summed E-state index contributed by atoms with van der Waals surface area (Å²) in [6, 6.07) is 15.9. The Morgan fingerprint density at radius 2 is 0.857 bits per heavy atom. The number of halogens is 3. The average molecular weight is 547 g/mol. The SMILES string of the molecule is O=P(Oc1c[nH]c2cccc(Cl)c12)(Oc1c[nH]c2cccc(Cl)c12)Oc1c[nH]c2cccc(Cl)c12. The number of rotatable bonds is 6. The van der Waals surface area contributed by atoms with Crippen LogP contribution < -0.4 is 13.6 Å². The molecule has 0 fully saturated rings. The maximum atomic E-state index is 14.2. The molecule has 0 amide bonds. The van der Waals surface area contributed by atoms with Crippen LogP contribution in [0.2, 0.25) is 15.1 Å². The maximum absolute atomic E-state index is 14.2. The number of fused-ring (bicyclic) bond motifs is 3. The van der Waals surface area contributed by atoms with Crippen molar-refractivity contribution in [3.63, 3.8) is 0 Å². The Morgan fingerprint density at radius 3 is 1.17 bits per heavy atom. The summed E-state index contributed by atoms with van der Waals surface area (Å²) in [5.41, 5.74) is 2.10. The van der Waals surface area contributed by atoms with E-state index in [1.807, 2.05) is 18.2 Å². The van der Waals surface area contributed by atoms with Gasteiger partial charge in [-0.25, -0.2) is 0 Å². The van der Waals surface area contributed by atoms with Gasteiger partial charge in [0, 0.05) is 18.6 Å². The summed E-state index contributed by atoms with van der Waals surface area (Å²) in [5, 5.41) is 2.85. The first-order valence-corrected chi connectivity index (χ1v) is 13.0. The zero-order chi connectivity index (χ0) is 24.2. The summed E-state index contributed by atoms with van der Waals surface area (Å²) in [7, 11) is -4.39. The van der Waals surface area contributed by atoms with Gasteiger partial charge in [0.1, 0.15) is 0 Å². The monoisotopic (exact) mass is 545 g/mol. The first kappa shape index (κ1) is 22.3. The first-order chi connectivity index (χ1) is 16.9. The van der Waals surface area contributed by atoms with Crippen LogP contribution in [0.15, 0.2) is 73.2 Å². The summed E-state index contributed by atoms with van der Waals surface area (Å²) < 4.78 is 32.1. The van der Waals surface area contributed by atoms with Crippen LogP contribution in [0.5, 0.6) is 17.2 Å². The average Bonchev–Trinajstić information content (AvgIpc) is 3.53. The first-order valence-electron chi connectivity index (χ1n) is 10.4. The summed E-state index contributed by atoms with van der Waals surface area (Å²) >= 11 is 19.2. The molecule has 0 saturated heterocycles. The molecule has 0 saturated carbocycles. The lowest BCUT2D eigenvalue weighted by Crippen LogP contribution is -2.07. The van der Waals surface area contributed by atoms with Crippen molar-refractivity contribution in [3.05, 3.63) is 88.3 Å². The molecule has 0 aliphatic rings. The summed E-state index contributed by atoms with van der Waals surface area (Å²) in [4.78, 5) is 9.15. The summed E-state index contributed by atoms with van der Waals surface area (Å²) in [5.74, 6) is 0.599. The van der Waals surface area contributed by atoms with Crippen molar-refractivity contribution in [2.45, 2.75) is 0 Å². The van der Waals surface area contributed by atoms with E-state index in [1.54, 1.807) is 55.0 Å². The van der Waals surface area contributed by atoms with Crippen LogP contribution in [0.3, 0.4) is 0 Å². The van der Waals surface area contributed by atoms with E-state index < -0.39 is 7.82 Å². The number of aromatic amines is 3. The van der Waals surface area contributed by atoms with Crippen molar-refractivity contribution in [3.8, 4) is 17.2 Å². The van der Waals surface area contributed by atoms with Crippen molar-refractivity contribution < 1.29 is 18.1 Å². The molecule has 0 aliphatic heterocycles. The van der Waals surface area contributed by atoms with Crippen molar-refractivity contribution in [1.82, 2.24) is 15.0 Å². The molecule has 0 bridgehead atoms. The molecule has 3 aromatic carbocycles. The van der Waals surface area contributed by atoms with Gasteiger partial charge < -0.3 is 28.5 Å². The Balaban J connectivity index is 1.47. The van der Waals surface area contributed by atoms with Gasteiger partial charge in [-0.3, -0.25) is 0 Å². The van der Waals surface area contributed by atoms with Gasteiger partial charge in [0.25, 0.3) is 0 Å². The van der Waals surface area contributed by atoms with Crippen molar-refractivity contribution in [1.29, 1.82) is 0 Å². The predicted octanol–water partition coefficient (Wildman–Crippen LogP) is 8.74. The number of benzene rings is 3. The second-order valence-corrected chi connectivity index (χ2v) is 10.3. The van der Waals surface area contributed by atoms with E-state index in [4.69, 9.17) is 48.4 Å². The highest BCUT2D eigenvalue weighted by atomic mass is 35.5. The Bertz CT molecular complexity index is 1570. The fourth-order valence-electron chi connectivity index (χ4n) is 3.96. The van der Waals surface area contributed by atoms with E-state index in [1.165, 1.54) is 0 Å². The number of H-pyrrole nitrogens is 3. The van der Waals surface area contributed by atoms with E-state index in [2.05, 4.69) is 15.0 Å². The van der Waals surface area contributed by atoms with E-state index in [0.29, 0.717) is 47.8 Å². The predicted molar refractivity (Wildman–Crippen MR) is 139 cm³/mol. The number of hydrogen-bond acceptors (Lipinski definition) is 4. The van der Waals surface area contributed by atoms with Gasteiger partial charge in [0.15, 0.2) is 17.2 Å². The van der Waals surface area contributed by atoms with Crippen LogP contribution in [0.1, 0.15) is 0 Å². The molecule has 6 rings (SSSR count). The fourth-order valence-corrected chi connectivity index (χ4v) is 6.03. The second-order valence-electron chi connectivity index (χ2n) is 7.67. The Kier molecular flexibility index (Phi) is 5.38. The molecule has 0 unspecified atom stereocenters. The zero-order valence-electron chi connectivity index (χ0n) is 17.6. The van der Waals surface area contributed by atoms with Crippen LogP contribution in [0.25, 0.3) is 32.7 Å². The summed E-state index contributed by atoms with van der Waals surface area (Å²) in [6.07, 6.45) is 4.63. The van der Waals surface area contributed by atoms with E-state index in [-0.39, 0.29) is 17.2 Å². The summed E-state index contributed by atoms with van der Waals surface area (Å²) in [6.45, 7) is 0. The minimum atomic E-state index is -4.39. The highest BCUT2D eigenvalue weighted by Gasteiger charge is 2.36. The molecule has 176 valence electrons. The molecular formula is C24H15Cl3N3O4P. The van der Waals surface area contributed by atoms with Gasteiger partial charge in [-0.15, -0.1) is 0 Å². The van der Waals surface area contributed by atoms with Crippen LogP contribution >= 0.6 is 42.6 Å². The van der Waals surface area contributed by atoms with Crippen LogP contribution in [-0.2, 0) is 4.57 Å². The second kappa shape index (κ2) is 8.47. The molecule has 0 atom stereocenters. The third-order valence-corrected chi connectivity index (χ3v) is 7.69. The molecule has 3 aromatic heterocycles. The lowest BCUT2D eigenvalue weighted by Gasteiger charge is -2.19. The van der Waals surface area contributed by atoms with Gasteiger partial charge in [-0.1, -0.05) is 53.0 Å². The minimum absolute atomic E-state index is 0.200. The zero-order valence-corrected chi connectivity index (χ0v) is 20.8. The third-order valence-electron chi connectivity index (χ3n) is 5.49. The number of aromatic nitrogens is 3. The number of phosphoric acid groups is 1. The largest absolute Gasteiger partial charge is 0.647 e. The topological polar surface area (TPSA) is 92.1 Å². The van der Waals surface area contributed by atoms with E-state index in [9.17, 15) is 4.57 Å². The standard InChI is InChI=1S/C24H15Cl3N3O4P/c25-13-4-1-7-16-22(13)19(10-28-16)32-35(31,33-20-11-29-17-8-2-5-14(26)23(17)20)34-21-12-30-18-9-3-6-15(27)24(18)21/h1-12,28-30H. The molecule has 3 heterocycles. The highest BCUT2D eigenvalue weighted by molar-refractivity contribution is 7.49. The quantitative estimate of drug-likeness (QED) is 0.182. The third kappa shape index (κ3) is 3.91. The smallest absolute Gasteiger partial charge is 0.384 e. The van der Waals surface area contributed by atoms with Gasteiger partial charge in [0.2, 0.25) is 0 Å². The normalized spacial score (nSPS) is 12.0. The fraction of sp³-hybridized carbons (Fsp3) is 0. The van der Waals surface area contributed by atoms with Gasteiger partial charge in [-0.05, 0) is 36.4 Å². The molecule has 3 N–H and O–H groups in total. The van der Waals surface area contributed by atoms with Crippen molar-refractivity contribution >= 4 is 75.3 Å². The maximum Gasteiger partial charge on any atom is 0.647 e. The van der Waals surface area contributed by atoms with E-state index >= 15 is 0 Å². The lowest BCUT2D eigenvalue weighted by molar-refractivity contribution is 0.302. The molecule has 0 radical (unpaired) electrons. The molecular weight excluding hydrogens is 532 g/mol. The molecule has 11 heteroatoms. The van der Waals surface area contributed by atoms with Crippen LogP contribution in [0, 0.1) is 0 Å². The Labute approximate surface area is 213 Å². The minimum Gasteiger partial charge on any atom is -0.384 e. The van der Waals surface area contributed by atoms with Crippen molar-refractivity contribution in [2.75, 3.05) is 0 Å². The Morgan fingerprint density at radius 1 is 0.543 bits per heavy atom. The highest BCUT2D eigenvalue weighted by Crippen LogP contribution is 2.54. The molecule has 7 nitrogen and oxygen atoms in total. The van der Waals surface area contributed by atoms with Crippen LogP contribution in [-0.4, -0.2) is 15.0 Å². The molecule has 0 aliphatic carbocycles. The van der Waals surface area contributed by atoms with Gasteiger partial charge in [0.05, 0.1) is 47.8 Å². The number of phosphoric ester groups is 1. The molecule has 6 aromatic rings. The van der Waals surface area contributed by atoms with Gasteiger partial charge in [-0.2, -0.15) is 4.57 Å². The number of nitrogens with one attached hydrogen (secondary N) is 3. The molecule has 35 heavy (non-hydrogen) atoms. The molecule has 0 spiro atoms. The Hall–Kier alpha value is -3.22. The van der Waals surface area contributed by atoms with Crippen LogP contribution in [0.4, 0.5) is 0 Å². The van der Waals surface area contributed by atoms with Gasteiger partial charge >= 0.3 is 7.82 Å². The van der Waals surface area contributed by atoms with Crippen molar-refractivity contribution in [2.24, 2.45) is 0 Å².